The van der Waals surface area contributed by atoms with Crippen LogP contribution in [0.4, 0.5) is 5.69 Å². The smallest absolute Gasteiger partial charge is 0.266 e. The molecule has 4 rings (SSSR count). The summed E-state index contributed by atoms with van der Waals surface area (Å²) in [5, 5.41) is 4.43. The average Bonchev–Trinajstić information content (AvgIpc) is 2.80. The van der Waals surface area contributed by atoms with Crippen molar-refractivity contribution in [1.82, 2.24) is 9.55 Å². The second-order valence-electron chi connectivity index (χ2n) is 6.72. The zero-order valence-electron chi connectivity index (χ0n) is 16.8. The Bertz CT molecular complexity index is 1360. The molecule has 1 N–H and O–H groups in total. The van der Waals surface area contributed by atoms with E-state index in [2.05, 4.69) is 10.3 Å². The predicted molar refractivity (Wildman–Crippen MR) is 130 cm³/mol. The predicted octanol–water partition coefficient (Wildman–Crippen LogP) is 5.43. The molecule has 4 aromatic rings. The summed E-state index contributed by atoms with van der Waals surface area (Å²) in [6, 6.07) is 19.0. The van der Waals surface area contributed by atoms with Crippen molar-refractivity contribution < 1.29 is 9.53 Å². The zero-order chi connectivity index (χ0) is 22.7. The number of methoxy groups -OCH3 is 1. The number of ether oxygens (including phenoxy) is 1. The summed E-state index contributed by atoms with van der Waals surface area (Å²) in [5.74, 6) is 0.448. The third-order valence-corrected chi connectivity index (χ3v) is 6.29. The van der Waals surface area contributed by atoms with Crippen LogP contribution in [-0.2, 0) is 4.79 Å². The van der Waals surface area contributed by atoms with Crippen molar-refractivity contribution in [3.05, 3.63) is 87.1 Å². The number of carbonyl (C=O) groups excluding carboxylic acids is 1. The third kappa shape index (κ3) is 4.75. The van der Waals surface area contributed by atoms with Gasteiger partial charge in [0.2, 0.25) is 5.91 Å². The number of hydrogen-bond acceptors (Lipinski definition) is 5. The van der Waals surface area contributed by atoms with E-state index in [9.17, 15) is 9.59 Å². The largest absolute Gasteiger partial charge is 0.497 e. The Balaban J connectivity index is 1.65. The van der Waals surface area contributed by atoms with Crippen molar-refractivity contribution in [2.45, 2.75) is 5.16 Å². The highest BCUT2D eigenvalue weighted by molar-refractivity contribution is 7.99. The molecule has 9 heteroatoms. The maximum atomic E-state index is 13.3. The van der Waals surface area contributed by atoms with Gasteiger partial charge in [-0.05, 0) is 54.6 Å². The van der Waals surface area contributed by atoms with Crippen LogP contribution >= 0.6 is 35.0 Å². The number of fused-ring (bicyclic) bond motifs is 1. The molecule has 6 nitrogen and oxygen atoms in total. The lowest BCUT2D eigenvalue weighted by atomic mass is 10.2. The van der Waals surface area contributed by atoms with Gasteiger partial charge < -0.3 is 10.1 Å². The highest BCUT2D eigenvalue weighted by Gasteiger charge is 2.15. The van der Waals surface area contributed by atoms with Crippen molar-refractivity contribution >= 4 is 57.5 Å². The van der Waals surface area contributed by atoms with Gasteiger partial charge in [0.15, 0.2) is 5.16 Å². The number of benzene rings is 3. The van der Waals surface area contributed by atoms with Gasteiger partial charge in [-0.3, -0.25) is 14.2 Å². The van der Waals surface area contributed by atoms with E-state index in [1.54, 1.807) is 67.8 Å². The molecule has 0 spiro atoms. The molecule has 0 aliphatic rings. The second-order valence-corrected chi connectivity index (χ2v) is 8.47. The van der Waals surface area contributed by atoms with Gasteiger partial charge in [-0.15, -0.1) is 0 Å². The fourth-order valence-corrected chi connectivity index (χ4v) is 4.18. The number of anilines is 1. The number of para-hydroxylation sites is 1. The quantitative estimate of drug-likeness (QED) is 0.291. The summed E-state index contributed by atoms with van der Waals surface area (Å²) in [5.41, 5.74) is 1.51. The van der Waals surface area contributed by atoms with Crippen molar-refractivity contribution in [2.75, 3.05) is 18.2 Å². The Hall–Kier alpha value is -3.00. The first-order valence-electron chi connectivity index (χ1n) is 9.50. The molecule has 0 atom stereocenters. The van der Waals surface area contributed by atoms with Crippen molar-refractivity contribution in [3.63, 3.8) is 0 Å². The number of aromatic nitrogens is 2. The molecular formula is C23H17Cl2N3O3S. The number of nitrogens with one attached hydrogen (secondary N) is 1. The molecule has 162 valence electrons. The first kappa shape index (κ1) is 22.2. The molecule has 32 heavy (non-hydrogen) atoms. The summed E-state index contributed by atoms with van der Waals surface area (Å²) in [4.78, 5) is 30.4. The molecular weight excluding hydrogens is 469 g/mol. The fourth-order valence-electron chi connectivity index (χ4n) is 3.07. The molecule has 0 bridgehead atoms. The van der Waals surface area contributed by atoms with Crippen LogP contribution in [0.2, 0.25) is 10.0 Å². The summed E-state index contributed by atoms with van der Waals surface area (Å²) < 4.78 is 6.71. The Morgan fingerprint density at radius 1 is 1.06 bits per heavy atom. The van der Waals surface area contributed by atoms with Crippen LogP contribution in [0.1, 0.15) is 0 Å². The van der Waals surface area contributed by atoms with E-state index < -0.39 is 0 Å². The lowest BCUT2D eigenvalue weighted by molar-refractivity contribution is -0.113. The van der Waals surface area contributed by atoms with Gasteiger partial charge >= 0.3 is 0 Å². The lowest BCUT2D eigenvalue weighted by Crippen LogP contribution is -2.23. The van der Waals surface area contributed by atoms with Gasteiger partial charge in [0, 0.05) is 5.69 Å². The number of rotatable bonds is 6. The maximum Gasteiger partial charge on any atom is 0.266 e. The lowest BCUT2D eigenvalue weighted by Gasteiger charge is -2.14. The first-order chi connectivity index (χ1) is 15.5. The Morgan fingerprint density at radius 2 is 1.81 bits per heavy atom. The van der Waals surface area contributed by atoms with E-state index in [-0.39, 0.29) is 17.2 Å². The minimum Gasteiger partial charge on any atom is -0.497 e. The van der Waals surface area contributed by atoms with Gasteiger partial charge in [-0.1, -0.05) is 47.1 Å². The Morgan fingerprint density at radius 3 is 2.53 bits per heavy atom. The van der Waals surface area contributed by atoms with Crippen LogP contribution in [-0.4, -0.2) is 28.3 Å². The van der Waals surface area contributed by atoms with E-state index in [0.29, 0.717) is 43.2 Å². The van der Waals surface area contributed by atoms with Crippen molar-refractivity contribution in [1.29, 1.82) is 0 Å². The summed E-state index contributed by atoms with van der Waals surface area (Å²) >= 11 is 13.1. The van der Waals surface area contributed by atoms with Crippen LogP contribution in [0.25, 0.3) is 16.6 Å². The number of thioether (sulfide) groups is 1. The van der Waals surface area contributed by atoms with Crippen LogP contribution in [0.15, 0.2) is 76.7 Å². The molecule has 1 heterocycles. The Kier molecular flexibility index (Phi) is 6.69. The van der Waals surface area contributed by atoms with Gasteiger partial charge in [0.25, 0.3) is 5.56 Å². The van der Waals surface area contributed by atoms with Crippen LogP contribution in [0.3, 0.4) is 0 Å². The monoisotopic (exact) mass is 485 g/mol. The van der Waals surface area contributed by atoms with Crippen LogP contribution < -0.4 is 15.6 Å². The molecule has 0 radical (unpaired) electrons. The molecule has 0 saturated carbocycles. The topological polar surface area (TPSA) is 73.2 Å². The van der Waals surface area contributed by atoms with Gasteiger partial charge in [-0.25, -0.2) is 4.98 Å². The fraction of sp³-hybridized carbons (Fsp3) is 0.0870. The van der Waals surface area contributed by atoms with E-state index >= 15 is 0 Å². The molecule has 0 unspecified atom stereocenters. The summed E-state index contributed by atoms with van der Waals surface area (Å²) in [7, 11) is 1.58. The zero-order valence-corrected chi connectivity index (χ0v) is 19.2. The van der Waals surface area contributed by atoms with E-state index in [1.807, 2.05) is 6.07 Å². The van der Waals surface area contributed by atoms with E-state index in [1.165, 1.54) is 16.3 Å². The minimum atomic E-state index is -0.267. The molecule has 3 aromatic carbocycles. The molecule has 0 fully saturated rings. The number of hydrogen-bond donors (Lipinski definition) is 1. The average molecular weight is 486 g/mol. The molecule has 0 saturated heterocycles. The number of halogens is 2. The minimum absolute atomic E-state index is 0.0428. The first-order valence-corrected chi connectivity index (χ1v) is 11.2. The standard InChI is InChI=1S/C23H17Cl2N3O3S/c1-31-16-9-7-15(8-10-16)28-22(30)17-4-2-3-5-20(17)27-23(28)32-13-21(29)26-14-6-11-18(24)19(25)12-14/h2-12H,13H2,1H3,(H,26,29). The summed E-state index contributed by atoms with van der Waals surface area (Å²) in [6.45, 7) is 0. The third-order valence-electron chi connectivity index (χ3n) is 4.61. The van der Waals surface area contributed by atoms with Gasteiger partial charge in [0.1, 0.15) is 5.75 Å². The van der Waals surface area contributed by atoms with E-state index in [0.717, 1.165) is 0 Å². The second kappa shape index (κ2) is 9.65. The van der Waals surface area contributed by atoms with Gasteiger partial charge in [-0.2, -0.15) is 0 Å². The molecule has 0 aliphatic carbocycles. The van der Waals surface area contributed by atoms with Crippen LogP contribution in [0, 0.1) is 0 Å². The molecule has 0 aliphatic heterocycles. The Labute approximate surface area is 198 Å². The highest BCUT2D eigenvalue weighted by Crippen LogP contribution is 2.26. The maximum absolute atomic E-state index is 13.3. The molecule has 1 aromatic heterocycles. The normalized spacial score (nSPS) is 10.8. The van der Waals surface area contributed by atoms with Crippen molar-refractivity contribution in [2.24, 2.45) is 0 Å². The van der Waals surface area contributed by atoms with Crippen molar-refractivity contribution in [3.8, 4) is 11.4 Å². The number of amides is 1. The molecule has 1 amide bonds. The van der Waals surface area contributed by atoms with Crippen LogP contribution in [0.5, 0.6) is 5.75 Å². The van der Waals surface area contributed by atoms with Gasteiger partial charge in [0.05, 0.1) is 39.5 Å². The summed E-state index contributed by atoms with van der Waals surface area (Å²) in [6.07, 6.45) is 0. The number of nitrogens with zero attached hydrogens (tertiary/aromatic N) is 2. The SMILES string of the molecule is COc1ccc(-n2c(SCC(=O)Nc3ccc(Cl)c(Cl)c3)nc3ccccc3c2=O)cc1. The number of carbonyl (C=O) groups is 1. The van der Waals surface area contributed by atoms with E-state index in [4.69, 9.17) is 27.9 Å². The highest BCUT2D eigenvalue weighted by atomic mass is 35.5.